The Balaban J connectivity index is 1.27. The van der Waals surface area contributed by atoms with Gasteiger partial charge in [0.15, 0.2) is 0 Å². The Hall–Kier alpha value is -2.87. The molecule has 1 amide bonds. The molecule has 1 N–H and O–H groups in total. The molecule has 1 aromatic heterocycles. The molecule has 3 heterocycles. The SMILES string of the molecule is O=C(CNc1cc(N2CCOCC2)ncn1)N1CCN(c2ccccc2)CC1. The molecular formula is C20H26N6O2. The number of nitrogens with zero attached hydrogens (tertiary/aromatic N) is 5. The van der Waals surface area contributed by atoms with Crippen molar-refractivity contribution in [1.29, 1.82) is 0 Å². The van der Waals surface area contributed by atoms with Gasteiger partial charge in [0.2, 0.25) is 5.91 Å². The number of para-hydroxylation sites is 1. The number of carbonyl (C=O) groups excluding carboxylic acids is 1. The van der Waals surface area contributed by atoms with Crippen LogP contribution in [0.1, 0.15) is 0 Å². The van der Waals surface area contributed by atoms with Crippen molar-refractivity contribution < 1.29 is 9.53 Å². The number of ether oxygens (including phenoxy) is 1. The molecule has 28 heavy (non-hydrogen) atoms. The van der Waals surface area contributed by atoms with Gasteiger partial charge in [0.1, 0.15) is 18.0 Å². The average Bonchev–Trinajstić information content (AvgIpc) is 2.79. The van der Waals surface area contributed by atoms with Gasteiger partial charge >= 0.3 is 0 Å². The number of hydrogen-bond donors (Lipinski definition) is 1. The fourth-order valence-electron chi connectivity index (χ4n) is 3.54. The number of carbonyl (C=O) groups is 1. The number of hydrogen-bond acceptors (Lipinski definition) is 7. The minimum Gasteiger partial charge on any atom is -0.378 e. The van der Waals surface area contributed by atoms with E-state index in [-0.39, 0.29) is 12.5 Å². The van der Waals surface area contributed by atoms with Gasteiger partial charge in [-0.05, 0) is 12.1 Å². The Morgan fingerprint density at radius 3 is 2.46 bits per heavy atom. The molecule has 0 aliphatic carbocycles. The monoisotopic (exact) mass is 382 g/mol. The van der Waals surface area contributed by atoms with Gasteiger partial charge in [-0.2, -0.15) is 0 Å². The summed E-state index contributed by atoms with van der Waals surface area (Å²) in [4.78, 5) is 27.6. The van der Waals surface area contributed by atoms with Crippen molar-refractivity contribution in [1.82, 2.24) is 14.9 Å². The van der Waals surface area contributed by atoms with Gasteiger partial charge in [-0.3, -0.25) is 4.79 Å². The fourth-order valence-corrected chi connectivity index (χ4v) is 3.54. The van der Waals surface area contributed by atoms with Crippen LogP contribution >= 0.6 is 0 Å². The maximum absolute atomic E-state index is 12.6. The Morgan fingerprint density at radius 1 is 0.964 bits per heavy atom. The molecule has 2 aliphatic heterocycles. The first kappa shape index (κ1) is 18.5. The number of aromatic nitrogens is 2. The average molecular weight is 382 g/mol. The normalized spacial score (nSPS) is 17.5. The van der Waals surface area contributed by atoms with Crippen molar-refractivity contribution in [2.45, 2.75) is 0 Å². The fraction of sp³-hybridized carbons (Fsp3) is 0.450. The van der Waals surface area contributed by atoms with Gasteiger partial charge in [0.25, 0.3) is 0 Å². The van der Waals surface area contributed by atoms with Crippen molar-refractivity contribution in [3.05, 3.63) is 42.7 Å². The lowest BCUT2D eigenvalue weighted by atomic mass is 10.2. The second-order valence-corrected chi connectivity index (χ2v) is 6.92. The van der Waals surface area contributed by atoms with E-state index in [2.05, 4.69) is 37.2 Å². The number of rotatable bonds is 5. The lowest BCUT2D eigenvalue weighted by Gasteiger charge is -2.36. The standard InChI is InChI=1S/C20H26N6O2/c27-20(26-8-6-24(7-9-26)17-4-2-1-3-5-17)15-21-18-14-19(23-16-22-18)25-10-12-28-13-11-25/h1-5,14,16H,6-13,15H2,(H,21,22,23). The summed E-state index contributed by atoms with van der Waals surface area (Å²) in [5, 5.41) is 3.15. The van der Waals surface area contributed by atoms with Gasteiger partial charge < -0.3 is 24.8 Å². The second-order valence-electron chi connectivity index (χ2n) is 6.92. The molecule has 2 aliphatic rings. The first-order chi connectivity index (χ1) is 13.8. The summed E-state index contributed by atoms with van der Waals surface area (Å²) in [6.45, 7) is 6.47. The van der Waals surface area contributed by atoms with Crippen LogP contribution in [0.2, 0.25) is 0 Å². The maximum atomic E-state index is 12.6. The van der Waals surface area contributed by atoms with Crippen LogP contribution in [0, 0.1) is 0 Å². The first-order valence-electron chi connectivity index (χ1n) is 9.76. The van der Waals surface area contributed by atoms with E-state index in [0.29, 0.717) is 19.0 Å². The largest absolute Gasteiger partial charge is 0.378 e. The number of piperazine rings is 1. The lowest BCUT2D eigenvalue weighted by Crippen LogP contribution is -2.50. The van der Waals surface area contributed by atoms with E-state index in [9.17, 15) is 4.79 Å². The van der Waals surface area contributed by atoms with E-state index in [1.807, 2.05) is 29.2 Å². The molecule has 2 fully saturated rings. The van der Waals surface area contributed by atoms with Crippen molar-refractivity contribution in [3.8, 4) is 0 Å². The zero-order valence-electron chi connectivity index (χ0n) is 16.0. The molecule has 8 nitrogen and oxygen atoms in total. The van der Waals surface area contributed by atoms with Crippen molar-refractivity contribution in [2.75, 3.05) is 74.1 Å². The van der Waals surface area contributed by atoms with E-state index in [4.69, 9.17) is 4.74 Å². The highest BCUT2D eigenvalue weighted by atomic mass is 16.5. The van der Waals surface area contributed by atoms with Gasteiger partial charge in [0, 0.05) is 51.0 Å². The molecule has 0 bridgehead atoms. The summed E-state index contributed by atoms with van der Waals surface area (Å²) < 4.78 is 5.38. The topological polar surface area (TPSA) is 73.8 Å². The molecule has 0 saturated carbocycles. The molecule has 2 saturated heterocycles. The van der Waals surface area contributed by atoms with E-state index in [1.165, 1.54) is 12.0 Å². The molecular weight excluding hydrogens is 356 g/mol. The number of benzene rings is 1. The Bertz CT molecular complexity index is 773. The molecule has 0 unspecified atom stereocenters. The van der Waals surface area contributed by atoms with Crippen molar-refractivity contribution >= 4 is 23.2 Å². The summed E-state index contributed by atoms with van der Waals surface area (Å²) in [7, 11) is 0. The zero-order chi connectivity index (χ0) is 19.2. The van der Waals surface area contributed by atoms with Gasteiger partial charge in [0.05, 0.1) is 19.8 Å². The molecule has 0 atom stereocenters. The minimum atomic E-state index is 0.0965. The van der Waals surface area contributed by atoms with Gasteiger partial charge in [-0.15, -0.1) is 0 Å². The predicted molar refractivity (Wildman–Crippen MR) is 109 cm³/mol. The van der Waals surface area contributed by atoms with E-state index < -0.39 is 0 Å². The summed E-state index contributed by atoms with van der Waals surface area (Å²) in [6, 6.07) is 12.2. The summed E-state index contributed by atoms with van der Waals surface area (Å²) in [6.07, 6.45) is 1.54. The number of amides is 1. The zero-order valence-corrected chi connectivity index (χ0v) is 16.0. The Kier molecular flexibility index (Phi) is 5.86. The van der Waals surface area contributed by atoms with Crippen molar-refractivity contribution in [2.24, 2.45) is 0 Å². The Morgan fingerprint density at radius 2 is 1.71 bits per heavy atom. The molecule has 0 spiro atoms. The van der Waals surface area contributed by atoms with E-state index in [0.717, 1.165) is 45.1 Å². The van der Waals surface area contributed by atoms with Crippen LogP contribution < -0.4 is 15.1 Å². The number of anilines is 3. The van der Waals surface area contributed by atoms with Crippen LogP contribution in [-0.4, -0.2) is 79.8 Å². The quantitative estimate of drug-likeness (QED) is 0.829. The molecule has 148 valence electrons. The van der Waals surface area contributed by atoms with Crippen LogP contribution in [0.25, 0.3) is 0 Å². The third-order valence-corrected chi connectivity index (χ3v) is 5.16. The molecule has 2 aromatic rings. The highest BCUT2D eigenvalue weighted by Crippen LogP contribution is 2.17. The van der Waals surface area contributed by atoms with E-state index in [1.54, 1.807) is 0 Å². The van der Waals surface area contributed by atoms with Crippen LogP contribution in [0.4, 0.5) is 17.3 Å². The number of nitrogens with one attached hydrogen (secondary N) is 1. The number of morpholine rings is 1. The predicted octanol–water partition coefficient (Wildman–Crippen LogP) is 1.07. The smallest absolute Gasteiger partial charge is 0.242 e. The van der Waals surface area contributed by atoms with Gasteiger partial charge in [-0.1, -0.05) is 18.2 Å². The third-order valence-electron chi connectivity index (χ3n) is 5.16. The highest BCUT2D eigenvalue weighted by Gasteiger charge is 2.21. The highest BCUT2D eigenvalue weighted by molar-refractivity contribution is 5.81. The maximum Gasteiger partial charge on any atom is 0.242 e. The molecule has 1 aromatic carbocycles. The van der Waals surface area contributed by atoms with Crippen LogP contribution in [-0.2, 0) is 9.53 Å². The molecule has 4 rings (SSSR count). The summed E-state index contributed by atoms with van der Waals surface area (Å²) >= 11 is 0. The molecule has 8 heteroatoms. The van der Waals surface area contributed by atoms with Crippen LogP contribution in [0.3, 0.4) is 0 Å². The second kappa shape index (κ2) is 8.88. The lowest BCUT2D eigenvalue weighted by molar-refractivity contribution is -0.129. The van der Waals surface area contributed by atoms with Crippen molar-refractivity contribution in [3.63, 3.8) is 0 Å². The summed E-state index contributed by atoms with van der Waals surface area (Å²) in [5.74, 6) is 1.64. The van der Waals surface area contributed by atoms with Gasteiger partial charge in [-0.25, -0.2) is 9.97 Å². The minimum absolute atomic E-state index is 0.0965. The molecule has 0 radical (unpaired) electrons. The van der Waals surface area contributed by atoms with Crippen LogP contribution in [0.15, 0.2) is 42.7 Å². The van der Waals surface area contributed by atoms with Crippen LogP contribution in [0.5, 0.6) is 0 Å². The first-order valence-corrected chi connectivity index (χ1v) is 9.76. The van der Waals surface area contributed by atoms with E-state index >= 15 is 0 Å². The summed E-state index contributed by atoms with van der Waals surface area (Å²) in [5.41, 5.74) is 1.21. The third kappa shape index (κ3) is 4.51. The Labute approximate surface area is 165 Å².